The first kappa shape index (κ1) is 51.6. The van der Waals surface area contributed by atoms with Gasteiger partial charge in [-0.25, -0.2) is 4.57 Å². The topological polar surface area (TPSA) is 323 Å². The lowest BCUT2D eigenvalue weighted by Gasteiger charge is -2.15. The molecular formula is C41H55N12O12P2+. The zero-order valence-electron chi connectivity index (χ0n) is 37.7. The largest absolute Gasteiger partial charge is 0.552 e. The van der Waals surface area contributed by atoms with Gasteiger partial charge in [0.05, 0.1) is 12.2 Å². The number of benzene rings is 2. The summed E-state index contributed by atoms with van der Waals surface area (Å²) in [7, 11) is -1.83. The maximum atomic E-state index is 12.1. The Hall–Kier alpha value is -6.42. The number of amides is 2. The summed E-state index contributed by atoms with van der Waals surface area (Å²) < 4.78 is 44.0. The Morgan fingerprint density at radius 2 is 1.18 bits per heavy atom. The van der Waals surface area contributed by atoms with Gasteiger partial charge >= 0.3 is 16.7 Å². The van der Waals surface area contributed by atoms with Crippen molar-refractivity contribution in [1.29, 1.82) is 0 Å². The second-order valence-corrected chi connectivity index (χ2v) is 17.0. The Balaban J connectivity index is 0.000000214. The van der Waals surface area contributed by atoms with Gasteiger partial charge in [-0.3, -0.25) is 44.3 Å². The van der Waals surface area contributed by atoms with Gasteiger partial charge in [0.2, 0.25) is 23.7 Å². The smallest absolute Gasteiger partial charge is 0.408 e. The summed E-state index contributed by atoms with van der Waals surface area (Å²) in [5, 5.41) is 40.8. The van der Waals surface area contributed by atoms with Crippen molar-refractivity contribution in [3.8, 4) is 11.5 Å². The standard InChI is InChI=1S/2C14H20N6O4.C7H8O2P.C6H5O2P.H2/c2*1-4-7-5-8(21)13(24-7)20-10-9(18-19-20)12(23)17-14(15-10)16-11(22)6(2)3;1-10(8)9-7-5-3-2-4-6-7;7-9-8-6-4-2-1-3-5-6;/h2*6-8,13,21H,4-5H2,1-3H3,(H2,15,16,17,22,23);2-6H,1H3;1-5H;1H/q;;+1;;/t2*7-,8+,13-;;;/m11.../s1. The monoisotopic (exact) mass is 969 g/mol. The second kappa shape index (κ2) is 24.4. The molecule has 1 unspecified atom stereocenters. The molecule has 4 aromatic heterocycles. The summed E-state index contributed by atoms with van der Waals surface area (Å²) in [5.41, 5.74) is -0.700. The maximum Gasteiger partial charge on any atom is 0.552 e. The fraction of sp³-hybridized carbons (Fsp3) is 0.463. The Labute approximate surface area is 386 Å². The zero-order valence-corrected chi connectivity index (χ0v) is 39.5. The number of carbonyl (C=O) groups is 2. The number of para-hydroxylation sites is 2. The molecule has 8 rings (SSSR count). The van der Waals surface area contributed by atoms with Gasteiger partial charge in [0.15, 0.2) is 47.2 Å². The summed E-state index contributed by atoms with van der Waals surface area (Å²) in [6, 6.07) is 18.1. The highest BCUT2D eigenvalue weighted by Gasteiger charge is 2.38. The van der Waals surface area contributed by atoms with Crippen LogP contribution >= 0.6 is 16.7 Å². The van der Waals surface area contributed by atoms with E-state index in [0.29, 0.717) is 24.3 Å². The van der Waals surface area contributed by atoms with Gasteiger partial charge in [-0.05, 0) is 41.7 Å². The number of carbonyl (C=O) groups excluding carboxylic acids is 2. The number of hydrogen-bond donors (Lipinski definition) is 6. The third-order valence-electron chi connectivity index (χ3n) is 9.79. The zero-order chi connectivity index (χ0) is 48.8. The number of aliphatic hydroxyl groups excluding tert-OH is 2. The van der Waals surface area contributed by atoms with Crippen LogP contribution in [0.1, 0.15) is 81.1 Å². The number of rotatable bonds is 12. The Morgan fingerprint density at radius 3 is 1.52 bits per heavy atom. The average molecular weight is 970 g/mol. The van der Waals surface area contributed by atoms with Crippen molar-refractivity contribution in [2.45, 2.75) is 104 Å². The lowest BCUT2D eigenvalue weighted by Crippen LogP contribution is -2.24. The Kier molecular flexibility index (Phi) is 18.8. The van der Waals surface area contributed by atoms with Crippen LogP contribution in [0.2, 0.25) is 0 Å². The highest BCUT2D eigenvalue weighted by Crippen LogP contribution is 2.32. The molecule has 26 heteroatoms. The summed E-state index contributed by atoms with van der Waals surface area (Å²) in [6.45, 7) is 12.4. The van der Waals surface area contributed by atoms with Gasteiger partial charge in [-0.2, -0.15) is 19.3 Å². The molecule has 0 spiro atoms. The van der Waals surface area contributed by atoms with Crippen molar-refractivity contribution >= 4 is 62.8 Å². The first-order valence-electron chi connectivity index (χ1n) is 21.2. The van der Waals surface area contributed by atoms with Gasteiger partial charge < -0.3 is 24.2 Å². The van der Waals surface area contributed by atoms with Crippen molar-refractivity contribution < 1.29 is 48.9 Å². The van der Waals surface area contributed by atoms with E-state index in [1.54, 1.807) is 52.0 Å². The van der Waals surface area contributed by atoms with E-state index >= 15 is 0 Å². The van der Waals surface area contributed by atoms with Crippen molar-refractivity contribution in [2.75, 3.05) is 17.3 Å². The number of anilines is 2. The van der Waals surface area contributed by atoms with E-state index in [1.807, 2.05) is 50.2 Å². The Morgan fingerprint density at radius 1 is 0.776 bits per heavy atom. The van der Waals surface area contributed by atoms with Gasteiger partial charge in [-0.15, -0.1) is 10.2 Å². The first-order chi connectivity index (χ1) is 32.0. The molecule has 0 radical (unpaired) electrons. The van der Waals surface area contributed by atoms with E-state index in [9.17, 15) is 38.5 Å². The van der Waals surface area contributed by atoms with Crippen LogP contribution in [0.5, 0.6) is 11.5 Å². The number of hydrogen-bond acceptors (Lipinski definition) is 18. The van der Waals surface area contributed by atoms with Crippen LogP contribution in [0.25, 0.3) is 22.3 Å². The molecule has 6 aromatic rings. The molecule has 6 heterocycles. The number of fused-ring (bicyclic) bond motifs is 2. The van der Waals surface area contributed by atoms with Crippen LogP contribution in [0.3, 0.4) is 0 Å². The van der Waals surface area contributed by atoms with Crippen LogP contribution in [0.15, 0.2) is 70.3 Å². The highest BCUT2D eigenvalue weighted by atomic mass is 31.1. The van der Waals surface area contributed by atoms with Crippen molar-refractivity contribution in [3.63, 3.8) is 0 Å². The predicted molar refractivity (Wildman–Crippen MR) is 246 cm³/mol. The number of aromatic amines is 2. The van der Waals surface area contributed by atoms with Gasteiger partial charge in [-0.1, -0.05) is 88.4 Å². The molecule has 7 atom stereocenters. The molecule has 67 heavy (non-hydrogen) atoms. The number of nitrogens with zero attached hydrogens (tertiary/aromatic N) is 8. The van der Waals surface area contributed by atoms with Gasteiger partial charge in [0.25, 0.3) is 11.1 Å². The van der Waals surface area contributed by atoms with E-state index in [1.165, 1.54) is 16.0 Å². The normalized spacial score (nSPS) is 20.0. The minimum Gasteiger partial charge on any atom is -0.408 e. The molecule has 360 valence electrons. The van der Waals surface area contributed by atoms with E-state index in [0.717, 1.165) is 12.8 Å². The molecule has 6 N–H and O–H groups in total. The number of ether oxygens (including phenoxy) is 2. The summed E-state index contributed by atoms with van der Waals surface area (Å²) in [6.07, 6.45) is -0.785. The van der Waals surface area contributed by atoms with E-state index < -0.39 is 43.8 Å². The third-order valence-corrected chi connectivity index (χ3v) is 10.5. The molecule has 0 aliphatic carbocycles. The number of aliphatic hydroxyl groups is 2. The maximum absolute atomic E-state index is 12.1. The van der Waals surface area contributed by atoms with Gasteiger partial charge in [0, 0.05) is 26.1 Å². The number of H-pyrrole nitrogens is 2. The van der Waals surface area contributed by atoms with E-state index in [2.05, 4.69) is 55.7 Å². The molecule has 2 aliphatic rings. The van der Waals surface area contributed by atoms with Gasteiger partial charge in [0.1, 0.15) is 18.0 Å². The summed E-state index contributed by atoms with van der Waals surface area (Å²) in [4.78, 5) is 61.1. The molecule has 2 fully saturated rings. The number of aromatic nitrogens is 10. The lowest BCUT2D eigenvalue weighted by atomic mass is 10.1. The Bertz CT molecular complexity index is 2590. The van der Waals surface area contributed by atoms with Crippen LogP contribution < -0.4 is 30.8 Å². The molecular weight excluding hydrogens is 914 g/mol. The van der Waals surface area contributed by atoms with Crippen molar-refractivity contribution in [2.24, 2.45) is 11.8 Å². The fourth-order valence-electron chi connectivity index (χ4n) is 6.24. The minimum atomic E-state index is -1.53. The molecule has 0 bridgehead atoms. The SMILES string of the molecule is CC[C@@H]1C[C@H](O)[C@H](n2nnc3c(=O)[nH]c(NC(=O)C(C)C)nc32)O1.CC[C@@H]1C[C@H](O)[C@H](n2nnc3c(=O)[nH]c(NC(=O)C(C)C)nc32)O1.C[P+](=O)Oc1ccccc1.O=POc1ccccc1.[HH]. The van der Waals surface area contributed by atoms with E-state index in [-0.39, 0.29) is 80.2 Å². The summed E-state index contributed by atoms with van der Waals surface area (Å²) >= 11 is 0. The molecule has 2 aliphatic heterocycles. The second-order valence-electron chi connectivity index (χ2n) is 15.6. The molecule has 2 saturated heterocycles. The highest BCUT2D eigenvalue weighted by molar-refractivity contribution is 7.38. The van der Waals surface area contributed by atoms with Crippen LogP contribution in [0.4, 0.5) is 11.9 Å². The molecule has 2 amide bonds. The predicted octanol–water partition coefficient (Wildman–Crippen LogP) is 5.29. The third kappa shape index (κ3) is 14.0. The number of nitrogens with one attached hydrogen (secondary N) is 4. The summed E-state index contributed by atoms with van der Waals surface area (Å²) in [5.74, 6) is 0.210. The van der Waals surface area contributed by atoms with E-state index in [4.69, 9.17) is 14.0 Å². The quantitative estimate of drug-likeness (QED) is 0.0848. The van der Waals surface area contributed by atoms with Crippen LogP contribution in [-0.4, -0.2) is 103 Å². The molecule has 0 saturated carbocycles. The average Bonchev–Trinajstić information content (AvgIpc) is 4.10. The van der Waals surface area contributed by atoms with Crippen molar-refractivity contribution in [1.82, 2.24) is 49.9 Å². The van der Waals surface area contributed by atoms with Crippen LogP contribution in [-0.2, 0) is 28.2 Å². The minimum absolute atomic E-state index is 0. The molecule has 2 aromatic carbocycles. The first-order valence-corrected chi connectivity index (χ1v) is 23.6. The lowest BCUT2D eigenvalue weighted by molar-refractivity contribution is -0.119. The van der Waals surface area contributed by atoms with Crippen molar-refractivity contribution in [3.05, 3.63) is 81.4 Å². The van der Waals surface area contributed by atoms with Crippen LogP contribution in [0, 0.1) is 11.8 Å². The fourth-order valence-corrected chi connectivity index (χ4v) is 6.87. The molecule has 24 nitrogen and oxygen atoms in total.